The average molecular weight is 462 g/mol. The molecule has 0 spiro atoms. The molecule has 2 aliphatic rings. The summed E-state index contributed by atoms with van der Waals surface area (Å²) in [5.74, 6) is -0.357. The van der Waals surface area contributed by atoms with Gasteiger partial charge in [0.05, 0.1) is 43.2 Å². The van der Waals surface area contributed by atoms with E-state index in [-0.39, 0.29) is 37.1 Å². The zero-order valence-corrected chi connectivity index (χ0v) is 19.7. The summed E-state index contributed by atoms with van der Waals surface area (Å²) in [7, 11) is 1.51. The molecule has 2 atom stereocenters. The van der Waals surface area contributed by atoms with E-state index in [1.54, 1.807) is 31.2 Å². The number of carbonyl (C=O) groups is 1. The minimum atomic E-state index is -1.82. The number of rotatable bonds is 5. The monoisotopic (exact) mass is 461 g/mol. The van der Waals surface area contributed by atoms with Crippen LogP contribution in [0.1, 0.15) is 32.3 Å². The molecule has 3 rings (SSSR count). The largest absolute Gasteiger partial charge is 0.493 e. The Morgan fingerprint density at radius 3 is 2.53 bits per heavy atom. The van der Waals surface area contributed by atoms with Crippen LogP contribution >= 0.6 is 0 Å². The fourth-order valence-corrected chi connectivity index (χ4v) is 4.65. The van der Waals surface area contributed by atoms with Crippen molar-refractivity contribution < 1.29 is 19.0 Å². The van der Waals surface area contributed by atoms with E-state index in [2.05, 4.69) is 18.2 Å². The van der Waals surface area contributed by atoms with E-state index in [4.69, 9.17) is 19.9 Å². The van der Waals surface area contributed by atoms with Gasteiger partial charge in [-0.2, -0.15) is 15.8 Å². The van der Waals surface area contributed by atoms with Crippen LogP contribution in [0.4, 0.5) is 4.79 Å². The number of allylic oxidation sites excluding steroid dienone is 2. The molecule has 176 valence electrons. The molecule has 9 nitrogen and oxygen atoms in total. The normalized spacial score (nSPS) is 20.9. The maximum atomic E-state index is 12.5. The summed E-state index contributed by atoms with van der Waals surface area (Å²) in [6, 6.07) is 11.5. The molecule has 1 aliphatic carbocycles. The Morgan fingerprint density at radius 2 is 1.97 bits per heavy atom. The summed E-state index contributed by atoms with van der Waals surface area (Å²) >= 11 is 0. The third kappa shape index (κ3) is 4.00. The number of nitrogens with zero attached hydrogens (tertiary/aromatic N) is 4. The SMILES string of the molecule is CCOC(=O)N1CC=C2C(C#N)=C(N)C(C#N)(C#N)[C@H](c3ccc(OC(C)C)c(OC)c3)[C@H]2C1. The van der Waals surface area contributed by atoms with Gasteiger partial charge in [-0.3, -0.25) is 0 Å². The van der Waals surface area contributed by atoms with Crippen molar-refractivity contribution in [3.05, 3.63) is 46.7 Å². The number of amides is 1. The number of hydrogen-bond acceptors (Lipinski definition) is 8. The molecular weight excluding hydrogens is 434 g/mol. The molecule has 1 aromatic rings. The van der Waals surface area contributed by atoms with Crippen molar-refractivity contribution in [3.63, 3.8) is 0 Å². The average Bonchev–Trinajstić information content (AvgIpc) is 2.83. The maximum Gasteiger partial charge on any atom is 0.410 e. The molecule has 1 amide bonds. The zero-order chi connectivity index (χ0) is 25.0. The van der Waals surface area contributed by atoms with Gasteiger partial charge in [-0.1, -0.05) is 12.1 Å². The molecular formula is C25H27N5O4. The number of nitriles is 3. The van der Waals surface area contributed by atoms with Crippen molar-refractivity contribution in [2.75, 3.05) is 26.8 Å². The fourth-order valence-electron chi connectivity index (χ4n) is 4.65. The standard InChI is InChI=1S/C25H27N5O4/c1-5-33-24(31)30-9-8-17-18(11-26)23(29)25(13-27,14-28)22(19(17)12-30)16-6-7-20(34-15(2)3)21(10-16)32-4/h6-8,10,15,19,22H,5,9,12,29H2,1-4H3/t19-,22+/m0/s1. The molecule has 34 heavy (non-hydrogen) atoms. The lowest BCUT2D eigenvalue weighted by Gasteiger charge is -2.45. The van der Waals surface area contributed by atoms with Gasteiger partial charge in [0, 0.05) is 24.9 Å². The van der Waals surface area contributed by atoms with E-state index in [0.29, 0.717) is 22.6 Å². The molecule has 1 aliphatic heterocycles. The van der Waals surface area contributed by atoms with Crippen LogP contribution in [0.15, 0.2) is 41.1 Å². The Balaban J connectivity index is 2.23. The molecule has 0 saturated heterocycles. The Hall–Kier alpha value is -4.16. The number of methoxy groups -OCH3 is 1. The minimum Gasteiger partial charge on any atom is -0.493 e. The molecule has 0 aromatic heterocycles. The first-order valence-electron chi connectivity index (χ1n) is 11.0. The van der Waals surface area contributed by atoms with Crippen LogP contribution in [0.2, 0.25) is 0 Å². The summed E-state index contributed by atoms with van der Waals surface area (Å²) in [6.45, 7) is 6.10. The molecule has 0 fully saturated rings. The topological polar surface area (TPSA) is 145 Å². The second-order valence-electron chi connectivity index (χ2n) is 8.36. The van der Waals surface area contributed by atoms with Crippen molar-refractivity contribution in [3.8, 4) is 29.7 Å². The summed E-state index contributed by atoms with van der Waals surface area (Å²) < 4.78 is 16.5. The van der Waals surface area contributed by atoms with Crippen LogP contribution in [0, 0.1) is 45.3 Å². The first kappa shape index (κ1) is 24.5. The predicted octanol–water partition coefficient (Wildman–Crippen LogP) is 3.36. The number of carbonyl (C=O) groups excluding carboxylic acids is 1. The summed E-state index contributed by atoms with van der Waals surface area (Å²) in [4.78, 5) is 14.0. The predicted molar refractivity (Wildman–Crippen MR) is 122 cm³/mol. The number of ether oxygens (including phenoxy) is 3. The Labute approximate surface area is 199 Å². The van der Waals surface area contributed by atoms with Crippen molar-refractivity contribution in [1.82, 2.24) is 4.90 Å². The van der Waals surface area contributed by atoms with Crippen LogP contribution in [0.25, 0.3) is 0 Å². The van der Waals surface area contributed by atoms with E-state index in [9.17, 15) is 20.6 Å². The quantitative estimate of drug-likeness (QED) is 0.702. The van der Waals surface area contributed by atoms with E-state index < -0.39 is 23.3 Å². The molecule has 1 heterocycles. The van der Waals surface area contributed by atoms with Gasteiger partial charge in [0.25, 0.3) is 0 Å². The highest BCUT2D eigenvalue weighted by Crippen LogP contribution is 2.54. The molecule has 9 heteroatoms. The van der Waals surface area contributed by atoms with Gasteiger partial charge in [0.1, 0.15) is 6.07 Å². The van der Waals surface area contributed by atoms with Crippen LogP contribution in [0.3, 0.4) is 0 Å². The first-order chi connectivity index (χ1) is 16.3. The van der Waals surface area contributed by atoms with Crippen LogP contribution in [-0.4, -0.2) is 43.9 Å². The summed E-state index contributed by atoms with van der Waals surface area (Å²) in [6.07, 6.45) is 1.15. The van der Waals surface area contributed by atoms with Crippen molar-refractivity contribution >= 4 is 6.09 Å². The van der Waals surface area contributed by atoms with Gasteiger partial charge in [-0.25, -0.2) is 4.79 Å². The number of benzene rings is 1. The molecule has 0 unspecified atom stereocenters. The fraction of sp³-hybridized carbons (Fsp3) is 0.440. The Bertz CT molecular complexity index is 1150. The molecule has 0 bridgehead atoms. The van der Waals surface area contributed by atoms with Crippen LogP contribution in [0.5, 0.6) is 11.5 Å². The van der Waals surface area contributed by atoms with E-state index in [1.165, 1.54) is 12.0 Å². The molecule has 1 aromatic carbocycles. The second-order valence-corrected chi connectivity index (χ2v) is 8.36. The Morgan fingerprint density at radius 1 is 1.26 bits per heavy atom. The molecule has 0 saturated carbocycles. The van der Waals surface area contributed by atoms with Crippen LogP contribution < -0.4 is 15.2 Å². The van der Waals surface area contributed by atoms with Gasteiger partial charge in [0.15, 0.2) is 16.9 Å². The molecule has 2 N–H and O–H groups in total. The highest BCUT2D eigenvalue weighted by atomic mass is 16.6. The lowest BCUT2D eigenvalue weighted by molar-refractivity contribution is 0.0999. The maximum absolute atomic E-state index is 12.5. The third-order valence-corrected chi connectivity index (χ3v) is 6.10. The van der Waals surface area contributed by atoms with E-state index in [1.807, 2.05) is 13.8 Å². The molecule has 0 radical (unpaired) electrons. The summed E-state index contributed by atoms with van der Waals surface area (Å²) in [5, 5.41) is 30.3. The van der Waals surface area contributed by atoms with E-state index >= 15 is 0 Å². The van der Waals surface area contributed by atoms with Crippen molar-refractivity contribution in [2.24, 2.45) is 17.1 Å². The lowest BCUT2D eigenvalue weighted by Crippen LogP contribution is -2.49. The number of nitrogens with two attached hydrogens (primary N) is 1. The number of fused-ring (bicyclic) bond motifs is 1. The summed E-state index contributed by atoms with van der Waals surface area (Å²) in [5.41, 5.74) is 5.77. The third-order valence-electron chi connectivity index (χ3n) is 6.10. The van der Waals surface area contributed by atoms with Gasteiger partial charge in [-0.15, -0.1) is 0 Å². The minimum absolute atomic E-state index is 0.0847. The second kappa shape index (κ2) is 9.77. The van der Waals surface area contributed by atoms with Crippen molar-refractivity contribution in [2.45, 2.75) is 32.8 Å². The van der Waals surface area contributed by atoms with Crippen LogP contribution in [-0.2, 0) is 4.74 Å². The number of hydrogen-bond donors (Lipinski definition) is 1. The first-order valence-corrected chi connectivity index (χ1v) is 11.0. The highest BCUT2D eigenvalue weighted by Gasteiger charge is 2.55. The lowest BCUT2D eigenvalue weighted by atomic mass is 9.58. The van der Waals surface area contributed by atoms with Gasteiger partial charge in [-0.05, 0) is 44.0 Å². The highest BCUT2D eigenvalue weighted by molar-refractivity contribution is 5.69. The van der Waals surface area contributed by atoms with Gasteiger partial charge >= 0.3 is 6.09 Å². The Kier molecular flexibility index (Phi) is 7.03. The van der Waals surface area contributed by atoms with E-state index in [0.717, 1.165) is 0 Å². The van der Waals surface area contributed by atoms with Crippen molar-refractivity contribution in [1.29, 1.82) is 15.8 Å². The van der Waals surface area contributed by atoms with Gasteiger partial charge < -0.3 is 24.8 Å². The zero-order valence-electron chi connectivity index (χ0n) is 19.7. The van der Waals surface area contributed by atoms with Gasteiger partial charge in [0.2, 0.25) is 0 Å². The smallest absolute Gasteiger partial charge is 0.410 e.